The fourth-order valence-corrected chi connectivity index (χ4v) is 3.76. The Bertz CT molecular complexity index is 551. The Morgan fingerprint density at radius 2 is 1.66 bits per heavy atom. The molecule has 0 aliphatic carbocycles. The average molecular weight is 470 g/mol. The van der Waals surface area contributed by atoms with E-state index in [1.165, 1.54) is 0 Å². The average Bonchev–Trinajstić information content (AvgIpc) is 2.80. The second kappa shape index (κ2) is 12.8. The second-order valence-electron chi connectivity index (χ2n) is 8.24. The first-order chi connectivity index (χ1) is 15.2. The summed E-state index contributed by atoms with van der Waals surface area (Å²) in [4.78, 5) is 0. The van der Waals surface area contributed by atoms with E-state index in [0.717, 1.165) is 0 Å². The number of rotatable bonds is 11. The van der Waals surface area contributed by atoms with E-state index in [1.807, 2.05) is 0 Å². The highest BCUT2D eigenvalue weighted by atomic mass is 16.7. The molecule has 14 heteroatoms. The maximum atomic E-state index is 11.0. The van der Waals surface area contributed by atoms with Gasteiger partial charge in [-0.15, -0.1) is 0 Å². The Morgan fingerprint density at radius 3 is 2.22 bits per heavy atom. The van der Waals surface area contributed by atoms with Crippen LogP contribution in [0.1, 0.15) is 12.8 Å². The Hall–Kier alpha value is -0.560. The quantitative estimate of drug-likeness (QED) is 0.135. The number of nitrogens with two attached hydrogens (primary N) is 5. The molecule has 2 aliphatic heterocycles. The summed E-state index contributed by atoms with van der Waals surface area (Å²) in [5.74, 6) is 0. The van der Waals surface area contributed by atoms with Gasteiger partial charge >= 0.3 is 0 Å². The minimum Gasteiger partial charge on any atom is -0.395 e. The van der Waals surface area contributed by atoms with Crippen LogP contribution < -0.4 is 28.7 Å². The highest BCUT2D eigenvalue weighted by molar-refractivity contribution is 4.94. The molecule has 7 unspecified atom stereocenters. The monoisotopic (exact) mass is 469 g/mol. The van der Waals surface area contributed by atoms with Gasteiger partial charge in [-0.05, 0) is 12.8 Å². The molecule has 0 aromatic carbocycles. The Morgan fingerprint density at radius 1 is 0.969 bits per heavy atom. The van der Waals surface area contributed by atoms with Gasteiger partial charge in [-0.1, -0.05) is 0 Å². The second-order valence-corrected chi connectivity index (χ2v) is 8.24. The first kappa shape index (κ1) is 27.7. The molecule has 0 aromatic rings. The number of hydrogen-bond acceptors (Lipinski definition) is 14. The smallest absolute Gasteiger partial charge is 0.186 e. The van der Waals surface area contributed by atoms with Gasteiger partial charge in [0.25, 0.3) is 0 Å². The maximum absolute atomic E-state index is 11.0. The predicted molar refractivity (Wildman–Crippen MR) is 111 cm³/mol. The number of hydrogen-bond donors (Lipinski definition) is 10. The summed E-state index contributed by atoms with van der Waals surface area (Å²) in [5.41, 5.74) is 29.3. The van der Waals surface area contributed by atoms with Crippen LogP contribution in [0.2, 0.25) is 0 Å². The zero-order chi connectivity index (χ0) is 24.0. The highest BCUT2D eigenvalue weighted by Gasteiger charge is 2.46. The standard InChI is InChI=1S/C18H39N5O9/c19-3-7-1-2-8(21)17(29-7)32-16(9(22)5-24)14(27)10(4-20)30-18-15(28)12(23)13(26)11(6-25)31-18/h7-18,24-28H,1-6,19-23H2/t7?,8?,9-,10-,11?,12?,13-,14?,15?,16?,17+,18-/m0/s1. The van der Waals surface area contributed by atoms with Crippen molar-refractivity contribution in [3.63, 3.8) is 0 Å². The van der Waals surface area contributed by atoms with Crippen molar-refractivity contribution < 1.29 is 44.5 Å². The van der Waals surface area contributed by atoms with Crippen LogP contribution in [-0.4, -0.2) is 125 Å². The summed E-state index contributed by atoms with van der Waals surface area (Å²) in [6, 6.07) is -2.73. The summed E-state index contributed by atoms with van der Waals surface area (Å²) >= 11 is 0. The maximum Gasteiger partial charge on any atom is 0.186 e. The lowest BCUT2D eigenvalue weighted by Gasteiger charge is -2.43. The number of ether oxygens (including phenoxy) is 4. The van der Waals surface area contributed by atoms with Crippen molar-refractivity contribution in [2.45, 2.75) is 86.3 Å². The van der Waals surface area contributed by atoms with Crippen molar-refractivity contribution in [1.29, 1.82) is 0 Å². The van der Waals surface area contributed by atoms with Gasteiger partial charge < -0.3 is 73.1 Å². The topological polar surface area (TPSA) is 268 Å². The zero-order valence-corrected chi connectivity index (χ0v) is 17.9. The van der Waals surface area contributed by atoms with Gasteiger partial charge in [-0.25, -0.2) is 0 Å². The molecule has 14 nitrogen and oxygen atoms in total. The van der Waals surface area contributed by atoms with Crippen LogP contribution in [0, 0.1) is 0 Å². The summed E-state index contributed by atoms with van der Waals surface area (Å²) in [7, 11) is 0. The van der Waals surface area contributed by atoms with E-state index in [4.69, 9.17) is 47.6 Å². The molecule has 0 saturated carbocycles. The minimum atomic E-state index is -1.50. The molecular weight excluding hydrogens is 430 g/mol. The molecule has 0 spiro atoms. The fourth-order valence-electron chi connectivity index (χ4n) is 3.76. The van der Waals surface area contributed by atoms with Gasteiger partial charge in [-0.3, -0.25) is 0 Å². The SMILES string of the molecule is NCC1CCC(N)[C@@H](OC(C(O)[C@H](CN)O[C@H]2OC(CO)[C@H](O)C(N)C2O)[C@@H](N)CO)O1. The van der Waals surface area contributed by atoms with Gasteiger partial charge in [-0.2, -0.15) is 0 Å². The van der Waals surface area contributed by atoms with E-state index < -0.39 is 80.5 Å². The molecule has 190 valence electrons. The van der Waals surface area contributed by atoms with Crippen LogP contribution in [0.15, 0.2) is 0 Å². The Balaban J connectivity index is 2.13. The summed E-state index contributed by atoms with van der Waals surface area (Å²) < 4.78 is 22.6. The largest absolute Gasteiger partial charge is 0.395 e. The van der Waals surface area contributed by atoms with Crippen molar-refractivity contribution in [3.05, 3.63) is 0 Å². The van der Waals surface area contributed by atoms with Gasteiger partial charge in [0.1, 0.15) is 36.6 Å². The first-order valence-electron chi connectivity index (χ1n) is 10.7. The number of aliphatic hydroxyl groups is 5. The molecule has 2 aliphatic rings. The van der Waals surface area contributed by atoms with Crippen molar-refractivity contribution in [1.82, 2.24) is 0 Å². The van der Waals surface area contributed by atoms with Crippen LogP contribution >= 0.6 is 0 Å². The molecule has 0 radical (unpaired) electrons. The van der Waals surface area contributed by atoms with E-state index >= 15 is 0 Å². The lowest BCUT2D eigenvalue weighted by Crippen LogP contribution is -2.64. The molecular formula is C18H39N5O9. The number of aliphatic hydroxyl groups excluding tert-OH is 5. The minimum absolute atomic E-state index is 0.254. The summed E-state index contributed by atoms with van der Waals surface area (Å²) in [5, 5.41) is 50.2. The molecule has 15 N–H and O–H groups in total. The van der Waals surface area contributed by atoms with Gasteiger partial charge in [0.05, 0.1) is 37.4 Å². The lowest BCUT2D eigenvalue weighted by atomic mass is 9.96. The van der Waals surface area contributed by atoms with E-state index in [9.17, 15) is 25.5 Å². The highest BCUT2D eigenvalue weighted by Crippen LogP contribution is 2.25. The van der Waals surface area contributed by atoms with Crippen molar-refractivity contribution in [2.24, 2.45) is 28.7 Å². The summed E-state index contributed by atoms with van der Waals surface area (Å²) in [6.45, 7) is -1.10. The van der Waals surface area contributed by atoms with Crippen LogP contribution in [0.3, 0.4) is 0 Å². The van der Waals surface area contributed by atoms with E-state index in [0.29, 0.717) is 12.8 Å². The molecule has 2 fully saturated rings. The normalized spacial score (nSPS) is 39.9. The fraction of sp³-hybridized carbons (Fsp3) is 1.00. The molecule has 12 atom stereocenters. The van der Waals surface area contributed by atoms with Crippen LogP contribution in [0.4, 0.5) is 0 Å². The third kappa shape index (κ3) is 6.52. The molecule has 2 saturated heterocycles. The molecule has 0 amide bonds. The third-order valence-corrected chi connectivity index (χ3v) is 5.88. The molecule has 32 heavy (non-hydrogen) atoms. The lowest BCUT2D eigenvalue weighted by molar-refractivity contribution is -0.304. The van der Waals surface area contributed by atoms with Crippen molar-refractivity contribution in [2.75, 3.05) is 26.3 Å². The summed E-state index contributed by atoms with van der Waals surface area (Å²) in [6.07, 6.45) is -9.20. The van der Waals surface area contributed by atoms with Gasteiger partial charge in [0.15, 0.2) is 12.6 Å². The van der Waals surface area contributed by atoms with E-state index in [-0.39, 0.29) is 19.2 Å². The van der Waals surface area contributed by atoms with Crippen LogP contribution in [0.5, 0.6) is 0 Å². The van der Waals surface area contributed by atoms with Crippen LogP contribution in [0.25, 0.3) is 0 Å². The van der Waals surface area contributed by atoms with E-state index in [2.05, 4.69) is 0 Å². The van der Waals surface area contributed by atoms with Gasteiger partial charge in [0.2, 0.25) is 0 Å². The van der Waals surface area contributed by atoms with E-state index in [1.54, 1.807) is 0 Å². The van der Waals surface area contributed by atoms with Gasteiger partial charge in [0, 0.05) is 13.1 Å². The first-order valence-corrected chi connectivity index (χ1v) is 10.7. The predicted octanol–water partition coefficient (Wildman–Crippen LogP) is -6.05. The molecule has 0 bridgehead atoms. The molecule has 0 aromatic heterocycles. The molecule has 2 rings (SSSR count). The van der Waals surface area contributed by atoms with Crippen molar-refractivity contribution >= 4 is 0 Å². The zero-order valence-electron chi connectivity index (χ0n) is 17.9. The third-order valence-electron chi connectivity index (χ3n) is 5.88. The van der Waals surface area contributed by atoms with Crippen LogP contribution in [-0.2, 0) is 18.9 Å². The Labute approximate surface area is 186 Å². The Kier molecular flexibility index (Phi) is 11.1. The molecule has 2 heterocycles. The van der Waals surface area contributed by atoms with Crippen molar-refractivity contribution in [3.8, 4) is 0 Å².